The number of benzene rings is 2. The maximum absolute atomic E-state index is 12.5. The average Bonchev–Trinajstić information content (AvgIpc) is 3.44. The molecule has 32 heavy (non-hydrogen) atoms. The fourth-order valence-electron chi connectivity index (χ4n) is 2.88. The first kappa shape index (κ1) is 20.7. The zero-order chi connectivity index (χ0) is 21.9. The first-order valence-corrected chi connectivity index (χ1v) is 12.1. The van der Waals surface area contributed by atoms with Gasteiger partial charge in [-0.05, 0) is 24.3 Å². The molecule has 9 nitrogen and oxygen atoms in total. The van der Waals surface area contributed by atoms with Gasteiger partial charge in [0.25, 0.3) is 5.91 Å². The predicted molar refractivity (Wildman–Crippen MR) is 124 cm³/mol. The standard InChI is InChI=1S/C20H15N5O4S3/c26-16(21-11-5-6-13-14(9-11)29-8-7-28-13)10-30-20-25-24-19(32-20)23-17(27)18-22-12-3-1-2-4-15(12)31-18/h1-6,9H,7-8,10H2,(H,21,26)(H,23,24,27). The topological polar surface area (TPSA) is 115 Å². The van der Waals surface area contributed by atoms with Crippen LogP contribution in [0.3, 0.4) is 0 Å². The summed E-state index contributed by atoms with van der Waals surface area (Å²) in [6, 6.07) is 12.8. The summed E-state index contributed by atoms with van der Waals surface area (Å²) in [5.41, 5.74) is 1.40. The summed E-state index contributed by atoms with van der Waals surface area (Å²) in [5, 5.41) is 14.2. The summed E-state index contributed by atoms with van der Waals surface area (Å²) in [6.45, 7) is 0.995. The molecule has 1 aliphatic rings. The molecule has 0 saturated heterocycles. The molecule has 0 radical (unpaired) electrons. The maximum atomic E-state index is 12.5. The highest BCUT2D eigenvalue weighted by Crippen LogP contribution is 2.33. The van der Waals surface area contributed by atoms with Crippen LogP contribution >= 0.6 is 34.4 Å². The second-order valence-electron chi connectivity index (χ2n) is 6.51. The molecule has 12 heteroatoms. The summed E-state index contributed by atoms with van der Waals surface area (Å²) in [4.78, 5) is 29.1. The fourth-order valence-corrected chi connectivity index (χ4v) is 5.29. The van der Waals surface area contributed by atoms with E-state index in [1.54, 1.807) is 18.2 Å². The highest BCUT2D eigenvalue weighted by atomic mass is 32.2. The van der Waals surface area contributed by atoms with Crippen molar-refractivity contribution >= 4 is 67.3 Å². The number of ether oxygens (including phenoxy) is 2. The highest BCUT2D eigenvalue weighted by Gasteiger charge is 2.16. The van der Waals surface area contributed by atoms with Crippen molar-refractivity contribution in [3.63, 3.8) is 0 Å². The number of aromatic nitrogens is 3. The lowest BCUT2D eigenvalue weighted by atomic mass is 10.2. The Kier molecular flexibility index (Phi) is 5.88. The van der Waals surface area contributed by atoms with Crippen LogP contribution in [-0.2, 0) is 4.79 Å². The van der Waals surface area contributed by atoms with Crippen LogP contribution in [0.15, 0.2) is 46.8 Å². The first-order valence-electron chi connectivity index (χ1n) is 9.47. The third kappa shape index (κ3) is 4.66. The first-order chi connectivity index (χ1) is 15.6. The van der Waals surface area contributed by atoms with E-state index in [2.05, 4.69) is 25.8 Å². The second kappa shape index (κ2) is 9.10. The lowest BCUT2D eigenvalue weighted by molar-refractivity contribution is -0.113. The molecule has 0 bridgehead atoms. The van der Waals surface area contributed by atoms with Crippen LogP contribution in [-0.4, -0.2) is 46.0 Å². The molecule has 0 saturated carbocycles. The van der Waals surface area contributed by atoms with E-state index in [1.165, 1.54) is 34.4 Å². The van der Waals surface area contributed by atoms with Crippen LogP contribution in [0.2, 0.25) is 0 Å². The van der Waals surface area contributed by atoms with Crippen molar-refractivity contribution in [2.45, 2.75) is 4.34 Å². The Morgan fingerprint density at radius 1 is 1.00 bits per heavy atom. The number of rotatable bonds is 6. The third-order valence-electron chi connectivity index (χ3n) is 4.27. The Balaban J connectivity index is 1.15. The van der Waals surface area contributed by atoms with Gasteiger partial charge in [-0.1, -0.05) is 35.2 Å². The van der Waals surface area contributed by atoms with Crippen molar-refractivity contribution in [2.24, 2.45) is 0 Å². The number of carbonyl (C=O) groups is 2. The minimum absolute atomic E-state index is 0.148. The number of thioether (sulfide) groups is 1. The van der Waals surface area contributed by atoms with Crippen LogP contribution in [0.5, 0.6) is 11.5 Å². The Hall–Kier alpha value is -3.22. The van der Waals surface area contributed by atoms with E-state index in [0.29, 0.717) is 44.9 Å². The zero-order valence-electron chi connectivity index (χ0n) is 16.4. The number of para-hydroxylation sites is 1. The van der Waals surface area contributed by atoms with Gasteiger partial charge in [-0.3, -0.25) is 14.9 Å². The summed E-state index contributed by atoms with van der Waals surface area (Å²) in [7, 11) is 0. The van der Waals surface area contributed by atoms with Crippen molar-refractivity contribution in [3.05, 3.63) is 47.5 Å². The average molecular weight is 486 g/mol. The summed E-state index contributed by atoms with van der Waals surface area (Å²) < 4.78 is 12.5. The van der Waals surface area contributed by atoms with Crippen LogP contribution < -0.4 is 20.1 Å². The van der Waals surface area contributed by atoms with Gasteiger partial charge in [-0.2, -0.15) is 0 Å². The van der Waals surface area contributed by atoms with Crippen molar-refractivity contribution in [3.8, 4) is 11.5 Å². The molecule has 3 heterocycles. The quantitative estimate of drug-likeness (QED) is 0.312. The maximum Gasteiger partial charge on any atom is 0.286 e. The zero-order valence-corrected chi connectivity index (χ0v) is 18.8. The second-order valence-corrected chi connectivity index (χ2v) is 9.74. The van der Waals surface area contributed by atoms with E-state index in [1.807, 2.05) is 24.3 Å². The third-order valence-corrected chi connectivity index (χ3v) is 7.27. The number of anilines is 2. The minimum Gasteiger partial charge on any atom is -0.486 e. The molecule has 4 aromatic rings. The largest absolute Gasteiger partial charge is 0.486 e. The molecule has 2 amide bonds. The van der Waals surface area contributed by atoms with Crippen LogP contribution in [0, 0.1) is 0 Å². The predicted octanol–water partition coefficient (Wildman–Crippen LogP) is 3.90. The van der Waals surface area contributed by atoms with Crippen molar-refractivity contribution in [1.29, 1.82) is 0 Å². The molecular weight excluding hydrogens is 470 g/mol. The number of thiazole rings is 1. The summed E-state index contributed by atoms with van der Waals surface area (Å²) >= 11 is 3.75. The number of nitrogens with zero attached hydrogens (tertiary/aromatic N) is 3. The highest BCUT2D eigenvalue weighted by molar-refractivity contribution is 8.01. The Bertz CT molecular complexity index is 1270. The summed E-state index contributed by atoms with van der Waals surface area (Å²) in [6.07, 6.45) is 0. The van der Waals surface area contributed by atoms with Gasteiger partial charge in [0, 0.05) is 11.8 Å². The lowest BCUT2D eigenvalue weighted by Crippen LogP contribution is -2.17. The molecule has 1 aliphatic heterocycles. The molecule has 162 valence electrons. The number of carbonyl (C=O) groups excluding carboxylic acids is 2. The molecule has 0 unspecified atom stereocenters. The van der Waals surface area contributed by atoms with E-state index in [4.69, 9.17) is 9.47 Å². The number of nitrogens with one attached hydrogen (secondary N) is 2. The van der Waals surface area contributed by atoms with E-state index in [9.17, 15) is 9.59 Å². The molecular formula is C20H15N5O4S3. The van der Waals surface area contributed by atoms with Gasteiger partial charge in [0.15, 0.2) is 20.8 Å². The van der Waals surface area contributed by atoms with E-state index in [-0.39, 0.29) is 17.6 Å². The van der Waals surface area contributed by atoms with Gasteiger partial charge in [-0.25, -0.2) is 4.98 Å². The molecule has 0 fully saturated rings. The van der Waals surface area contributed by atoms with Gasteiger partial charge < -0.3 is 14.8 Å². The monoisotopic (exact) mass is 485 g/mol. The van der Waals surface area contributed by atoms with E-state index >= 15 is 0 Å². The number of hydrogen-bond donors (Lipinski definition) is 2. The van der Waals surface area contributed by atoms with Gasteiger partial charge >= 0.3 is 0 Å². The van der Waals surface area contributed by atoms with Crippen LogP contribution in [0.25, 0.3) is 10.2 Å². The summed E-state index contributed by atoms with van der Waals surface area (Å²) in [5.74, 6) is 0.893. The molecule has 2 aromatic heterocycles. The van der Waals surface area contributed by atoms with Crippen molar-refractivity contribution < 1.29 is 19.1 Å². The Morgan fingerprint density at radius 2 is 1.84 bits per heavy atom. The molecule has 0 aliphatic carbocycles. The number of amides is 2. The van der Waals surface area contributed by atoms with Crippen LogP contribution in [0.1, 0.15) is 9.80 Å². The molecule has 0 atom stereocenters. The van der Waals surface area contributed by atoms with E-state index < -0.39 is 0 Å². The SMILES string of the molecule is O=C(CSc1nnc(NC(=O)c2nc3ccccc3s2)s1)Nc1ccc2c(c1)OCCO2. The van der Waals surface area contributed by atoms with Crippen molar-refractivity contribution in [1.82, 2.24) is 15.2 Å². The van der Waals surface area contributed by atoms with Gasteiger partial charge in [0.2, 0.25) is 11.0 Å². The van der Waals surface area contributed by atoms with Gasteiger partial charge in [0.1, 0.15) is 13.2 Å². The number of fused-ring (bicyclic) bond motifs is 2. The van der Waals surface area contributed by atoms with Gasteiger partial charge in [0.05, 0.1) is 16.0 Å². The van der Waals surface area contributed by atoms with E-state index in [0.717, 1.165) is 10.2 Å². The lowest BCUT2D eigenvalue weighted by Gasteiger charge is -2.18. The van der Waals surface area contributed by atoms with Crippen molar-refractivity contribution in [2.75, 3.05) is 29.6 Å². The minimum atomic E-state index is -0.338. The molecule has 5 rings (SSSR count). The Labute approximate surface area is 194 Å². The molecule has 2 N–H and O–H groups in total. The number of hydrogen-bond acceptors (Lipinski definition) is 10. The Morgan fingerprint density at radius 3 is 2.72 bits per heavy atom. The van der Waals surface area contributed by atoms with Gasteiger partial charge in [-0.15, -0.1) is 21.5 Å². The fraction of sp³-hybridized carbons (Fsp3) is 0.150. The molecule has 0 spiro atoms. The molecule has 2 aromatic carbocycles. The normalized spacial score (nSPS) is 12.5. The smallest absolute Gasteiger partial charge is 0.286 e. The van der Waals surface area contributed by atoms with Crippen LogP contribution in [0.4, 0.5) is 10.8 Å².